The number of hydrogen-bond donors (Lipinski definition) is 0. The summed E-state index contributed by atoms with van der Waals surface area (Å²) in [6.07, 6.45) is 0.222. The molecule has 0 radical (unpaired) electrons. The minimum Gasteiger partial charge on any atom is -0.458 e. The van der Waals surface area contributed by atoms with Gasteiger partial charge in [0, 0.05) is 6.92 Å². The summed E-state index contributed by atoms with van der Waals surface area (Å²) in [6.45, 7) is 6.73. The first-order chi connectivity index (χ1) is 6.44. The number of esters is 2. The van der Waals surface area contributed by atoms with Crippen LogP contribution in [0.1, 0.15) is 34.1 Å². The summed E-state index contributed by atoms with van der Waals surface area (Å²) in [5, 5.41) is 0. The zero-order valence-corrected chi connectivity index (χ0v) is 8.99. The maximum atomic E-state index is 11.3. The molecule has 3 unspecified atom stereocenters. The molecule has 1 heterocycles. The first kappa shape index (κ1) is 11.0. The summed E-state index contributed by atoms with van der Waals surface area (Å²) in [4.78, 5) is 22.3. The van der Waals surface area contributed by atoms with Crippen molar-refractivity contribution in [3.8, 4) is 0 Å². The van der Waals surface area contributed by atoms with E-state index >= 15 is 0 Å². The van der Waals surface area contributed by atoms with Crippen LogP contribution in [0.4, 0.5) is 0 Å². The van der Waals surface area contributed by atoms with Crippen molar-refractivity contribution >= 4 is 11.9 Å². The van der Waals surface area contributed by atoms with Crippen molar-refractivity contribution in [2.24, 2.45) is 5.92 Å². The number of carbonyl (C=O) groups excluding carboxylic acids is 2. The normalized spacial score (nSPS) is 36.7. The molecule has 0 bridgehead atoms. The van der Waals surface area contributed by atoms with Crippen LogP contribution in [-0.4, -0.2) is 23.6 Å². The Kier molecular flexibility index (Phi) is 2.83. The fourth-order valence-electron chi connectivity index (χ4n) is 2.03. The lowest BCUT2D eigenvalue weighted by Crippen LogP contribution is -2.45. The SMILES string of the molecule is CCC1(OC(C)=O)C(C)OC(=O)C1C. The van der Waals surface area contributed by atoms with Crippen LogP contribution < -0.4 is 0 Å². The molecule has 0 spiro atoms. The summed E-state index contributed by atoms with van der Waals surface area (Å²) >= 11 is 0. The Hall–Kier alpha value is -1.06. The highest BCUT2D eigenvalue weighted by molar-refractivity contribution is 5.78. The van der Waals surface area contributed by atoms with Crippen molar-refractivity contribution in [1.29, 1.82) is 0 Å². The number of carbonyl (C=O) groups is 2. The first-order valence-electron chi connectivity index (χ1n) is 4.84. The third-order valence-corrected chi connectivity index (χ3v) is 2.95. The van der Waals surface area contributed by atoms with Crippen molar-refractivity contribution < 1.29 is 19.1 Å². The number of ether oxygens (including phenoxy) is 2. The Balaban J connectivity index is 2.96. The Labute approximate surface area is 83.6 Å². The van der Waals surface area contributed by atoms with Gasteiger partial charge >= 0.3 is 11.9 Å². The Morgan fingerprint density at radius 1 is 1.57 bits per heavy atom. The van der Waals surface area contributed by atoms with Gasteiger partial charge in [-0.25, -0.2) is 0 Å². The van der Waals surface area contributed by atoms with Gasteiger partial charge in [0.1, 0.15) is 6.10 Å². The predicted molar refractivity (Wildman–Crippen MR) is 49.5 cm³/mol. The molecule has 1 aliphatic rings. The number of cyclic esters (lactones) is 1. The van der Waals surface area contributed by atoms with E-state index < -0.39 is 5.60 Å². The Bertz CT molecular complexity index is 261. The highest BCUT2D eigenvalue weighted by atomic mass is 16.6. The molecule has 0 saturated carbocycles. The standard InChI is InChI=1S/C10H16O4/c1-5-10(14-8(4)11)6(2)9(12)13-7(10)3/h6-7H,5H2,1-4H3. The summed E-state index contributed by atoms with van der Waals surface area (Å²) in [7, 11) is 0. The van der Waals surface area contributed by atoms with Crippen LogP contribution in [0.5, 0.6) is 0 Å². The predicted octanol–water partition coefficient (Wildman–Crippen LogP) is 1.28. The van der Waals surface area contributed by atoms with Crippen LogP contribution in [-0.2, 0) is 19.1 Å². The monoisotopic (exact) mass is 200 g/mol. The smallest absolute Gasteiger partial charge is 0.313 e. The largest absolute Gasteiger partial charge is 0.458 e. The summed E-state index contributed by atoms with van der Waals surface area (Å²) in [6, 6.07) is 0. The third-order valence-electron chi connectivity index (χ3n) is 2.95. The molecule has 1 aliphatic heterocycles. The van der Waals surface area contributed by atoms with Gasteiger partial charge in [0.2, 0.25) is 0 Å². The van der Waals surface area contributed by atoms with Crippen molar-refractivity contribution in [2.45, 2.75) is 45.8 Å². The van der Waals surface area contributed by atoms with Crippen LogP contribution in [0.2, 0.25) is 0 Å². The van der Waals surface area contributed by atoms with Gasteiger partial charge < -0.3 is 9.47 Å². The van der Waals surface area contributed by atoms with Crippen LogP contribution in [0.15, 0.2) is 0 Å². The molecule has 4 heteroatoms. The second-order valence-electron chi connectivity index (χ2n) is 3.70. The van der Waals surface area contributed by atoms with Crippen LogP contribution in [0, 0.1) is 5.92 Å². The van der Waals surface area contributed by atoms with E-state index in [1.165, 1.54) is 6.92 Å². The molecule has 1 rings (SSSR count). The molecule has 4 nitrogen and oxygen atoms in total. The lowest BCUT2D eigenvalue weighted by Gasteiger charge is -2.32. The summed E-state index contributed by atoms with van der Waals surface area (Å²) < 4.78 is 10.3. The number of hydrogen-bond acceptors (Lipinski definition) is 4. The minimum atomic E-state index is -0.775. The topological polar surface area (TPSA) is 52.6 Å². The quantitative estimate of drug-likeness (QED) is 0.630. The van der Waals surface area contributed by atoms with Gasteiger partial charge in [-0.1, -0.05) is 6.92 Å². The highest BCUT2D eigenvalue weighted by Crippen LogP contribution is 2.38. The maximum Gasteiger partial charge on any atom is 0.313 e. The van der Waals surface area contributed by atoms with Crippen LogP contribution in [0.3, 0.4) is 0 Å². The fourth-order valence-corrected chi connectivity index (χ4v) is 2.03. The number of rotatable bonds is 2. The van der Waals surface area contributed by atoms with Gasteiger partial charge in [-0.3, -0.25) is 9.59 Å². The molecule has 0 aromatic heterocycles. The molecule has 0 aromatic rings. The molecule has 1 saturated heterocycles. The van der Waals surface area contributed by atoms with Crippen LogP contribution >= 0.6 is 0 Å². The lowest BCUT2D eigenvalue weighted by atomic mass is 9.84. The van der Waals surface area contributed by atoms with Crippen molar-refractivity contribution in [1.82, 2.24) is 0 Å². The summed E-state index contributed by atoms with van der Waals surface area (Å²) in [5.74, 6) is -1.05. The van der Waals surface area contributed by atoms with Gasteiger partial charge in [-0.05, 0) is 20.3 Å². The zero-order valence-electron chi connectivity index (χ0n) is 8.99. The first-order valence-corrected chi connectivity index (χ1v) is 4.84. The van der Waals surface area contributed by atoms with E-state index in [-0.39, 0.29) is 24.0 Å². The highest BCUT2D eigenvalue weighted by Gasteiger charge is 2.54. The van der Waals surface area contributed by atoms with Crippen LogP contribution in [0.25, 0.3) is 0 Å². The van der Waals surface area contributed by atoms with Gasteiger partial charge in [0.25, 0.3) is 0 Å². The van der Waals surface area contributed by atoms with E-state index in [1.807, 2.05) is 6.92 Å². The van der Waals surface area contributed by atoms with E-state index in [4.69, 9.17) is 9.47 Å². The summed E-state index contributed by atoms with van der Waals surface area (Å²) in [5.41, 5.74) is -0.775. The van der Waals surface area contributed by atoms with E-state index in [0.29, 0.717) is 6.42 Å². The second-order valence-corrected chi connectivity index (χ2v) is 3.70. The second kappa shape index (κ2) is 3.59. The van der Waals surface area contributed by atoms with E-state index in [9.17, 15) is 9.59 Å². The van der Waals surface area contributed by atoms with Gasteiger partial charge in [-0.15, -0.1) is 0 Å². The minimum absolute atomic E-state index is 0.291. The molecule has 14 heavy (non-hydrogen) atoms. The average molecular weight is 200 g/mol. The van der Waals surface area contributed by atoms with E-state index in [2.05, 4.69) is 0 Å². The lowest BCUT2D eigenvalue weighted by molar-refractivity contribution is -0.166. The Morgan fingerprint density at radius 2 is 2.14 bits per heavy atom. The third kappa shape index (κ3) is 1.49. The van der Waals surface area contributed by atoms with Gasteiger partial charge in [-0.2, -0.15) is 0 Å². The molecule has 0 amide bonds. The molecular weight excluding hydrogens is 184 g/mol. The molecule has 0 aliphatic carbocycles. The van der Waals surface area contributed by atoms with Crippen molar-refractivity contribution in [3.63, 3.8) is 0 Å². The average Bonchev–Trinajstić information content (AvgIpc) is 2.29. The van der Waals surface area contributed by atoms with Crippen molar-refractivity contribution in [3.05, 3.63) is 0 Å². The van der Waals surface area contributed by atoms with Gasteiger partial charge in [0.05, 0.1) is 5.92 Å². The van der Waals surface area contributed by atoms with Gasteiger partial charge in [0.15, 0.2) is 5.60 Å². The molecule has 0 N–H and O–H groups in total. The molecule has 0 aromatic carbocycles. The molecule has 1 fully saturated rings. The fraction of sp³-hybridized carbons (Fsp3) is 0.800. The molecule has 80 valence electrons. The van der Waals surface area contributed by atoms with E-state index in [1.54, 1.807) is 13.8 Å². The molecule has 3 atom stereocenters. The van der Waals surface area contributed by atoms with Crippen molar-refractivity contribution in [2.75, 3.05) is 0 Å². The van der Waals surface area contributed by atoms with E-state index in [0.717, 1.165) is 0 Å². The zero-order chi connectivity index (χ0) is 10.9. The maximum absolute atomic E-state index is 11.3. The molecular formula is C10H16O4. The Morgan fingerprint density at radius 3 is 2.43 bits per heavy atom.